The normalized spacial score (nSPS) is 10.9. The van der Waals surface area contributed by atoms with Gasteiger partial charge in [0.05, 0.1) is 0 Å². The standard InChI is InChI=1S/C11H22O3/c1-10(2)11(12)6-4-8-14-9-5-7-13-3/h10H,4-9H2,1-3H3. The number of rotatable bonds is 9. The van der Waals surface area contributed by atoms with Crippen LogP contribution in [0.2, 0.25) is 0 Å². The van der Waals surface area contributed by atoms with Gasteiger partial charge in [0.15, 0.2) is 0 Å². The Morgan fingerprint density at radius 3 is 2.36 bits per heavy atom. The van der Waals surface area contributed by atoms with E-state index in [1.165, 1.54) is 0 Å². The fourth-order valence-electron chi connectivity index (χ4n) is 1.04. The molecule has 3 nitrogen and oxygen atoms in total. The number of ketones is 1. The molecule has 0 N–H and O–H groups in total. The highest BCUT2D eigenvalue weighted by molar-refractivity contribution is 5.80. The summed E-state index contributed by atoms with van der Waals surface area (Å²) in [5, 5.41) is 0. The molecular weight excluding hydrogens is 180 g/mol. The van der Waals surface area contributed by atoms with Crippen LogP contribution >= 0.6 is 0 Å². The van der Waals surface area contributed by atoms with Crippen molar-refractivity contribution in [2.24, 2.45) is 5.92 Å². The van der Waals surface area contributed by atoms with Crippen LogP contribution < -0.4 is 0 Å². The van der Waals surface area contributed by atoms with E-state index in [0.717, 1.165) is 26.1 Å². The molecule has 0 rings (SSSR count). The van der Waals surface area contributed by atoms with Crippen LogP contribution in [0.4, 0.5) is 0 Å². The zero-order valence-corrected chi connectivity index (χ0v) is 9.54. The highest BCUT2D eigenvalue weighted by atomic mass is 16.5. The molecule has 0 saturated heterocycles. The maximum Gasteiger partial charge on any atom is 0.135 e. The smallest absolute Gasteiger partial charge is 0.135 e. The van der Waals surface area contributed by atoms with Crippen molar-refractivity contribution in [3.05, 3.63) is 0 Å². The average molecular weight is 202 g/mol. The molecular formula is C11H22O3. The number of hydrogen-bond acceptors (Lipinski definition) is 3. The lowest BCUT2D eigenvalue weighted by Crippen LogP contribution is -2.08. The number of Topliss-reactive ketones (excluding diaryl/α,β-unsaturated/α-hetero) is 1. The van der Waals surface area contributed by atoms with Gasteiger partial charge in [-0.05, 0) is 12.8 Å². The van der Waals surface area contributed by atoms with Crippen LogP contribution in [0.5, 0.6) is 0 Å². The minimum absolute atomic E-state index is 0.156. The van der Waals surface area contributed by atoms with E-state index >= 15 is 0 Å². The van der Waals surface area contributed by atoms with Crippen molar-refractivity contribution in [2.75, 3.05) is 26.9 Å². The van der Waals surface area contributed by atoms with Gasteiger partial charge in [0, 0.05) is 39.3 Å². The molecule has 0 heterocycles. The Bertz CT molecular complexity index is 143. The Morgan fingerprint density at radius 1 is 1.14 bits per heavy atom. The summed E-state index contributed by atoms with van der Waals surface area (Å²) in [6.45, 7) is 6.01. The first-order chi connectivity index (χ1) is 6.68. The van der Waals surface area contributed by atoms with E-state index in [1.807, 2.05) is 13.8 Å². The second-order valence-electron chi connectivity index (χ2n) is 3.68. The number of methoxy groups -OCH3 is 1. The van der Waals surface area contributed by atoms with Crippen LogP contribution in [0, 0.1) is 5.92 Å². The molecule has 3 heteroatoms. The van der Waals surface area contributed by atoms with Crippen molar-refractivity contribution < 1.29 is 14.3 Å². The number of ether oxygens (including phenoxy) is 2. The van der Waals surface area contributed by atoms with Gasteiger partial charge in [0.2, 0.25) is 0 Å². The van der Waals surface area contributed by atoms with E-state index in [-0.39, 0.29) is 5.92 Å². The van der Waals surface area contributed by atoms with Gasteiger partial charge >= 0.3 is 0 Å². The van der Waals surface area contributed by atoms with Gasteiger partial charge in [0.25, 0.3) is 0 Å². The van der Waals surface area contributed by atoms with Gasteiger partial charge in [-0.15, -0.1) is 0 Å². The van der Waals surface area contributed by atoms with E-state index < -0.39 is 0 Å². The summed E-state index contributed by atoms with van der Waals surface area (Å²) in [4.78, 5) is 11.2. The fourth-order valence-corrected chi connectivity index (χ4v) is 1.04. The summed E-state index contributed by atoms with van der Waals surface area (Å²) < 4.78 is 10.2. The molecule has 0 radical (unpaired) electrons. The summed E-state index contributed by atoms with van der Waals surface area (Å²) in [5.41, 5.74) is 0. The Kier molecular flexibility index (Phi) is 8.89. The van der Waals surface area contributed by atoms with Crippen molar-refractivity contribution in [3.8, 4) is 0 Å². The van der Waals surface area contributed by atoms with Crippen LogP contribution in [0.1, 0.15) is 33.1 Å². The molecule has 0 amide bonds. The van der Waals surface area contributed by atoms with Gasteiger partial charge in [-0.2, -0.15) is 0 Å². The summed E-state index contributed by atoms with van der Waals surface area (Å²) in [6, 6.07) is 0. The number of carbonyl (C=O) groups is 1. The second-order valence-corrected chi connectivity index (χ2v) is 3.68. The minimum atomic E-state index is 0.156. The van der Waals surface area contributed by atoms with E-state index in [2.05, 4.69) is 0 Å². The summed E-state index contributed by atoms with van der Waals surface area (Å²) in [6.07, 6.45) is 2.40. The maximum atomic E-state index is 11.2. The predicted molar refractivity (Wildman–Crippen MR) is 56.4 cm³/mol. The predicted octanol–water partition coefficient (Wildman–Crippen LogP) is 2.04. The van der Waals surface area contributed by atoms with Crippen molar-refractivity contribution >= 4 is 5.78 Å². The molecule has 0 aliphatic heterocycles. The van der Waals surface area contributed by atoms with E-state index in [4.69, 9.17) is 9.47 Å². The molecule has 0 unspecified atom stereocenters. The number of hydrogen-bond donors (Lipinski definition) is 0. The Morgan fingerprint density at radius 2 is 1.79 bits per heavy atom. The fraction of sp³-hybridized carbons (Fsp3) is 0.909. The van der Waals surface area contributed by atoms with Gasteiger partial charge in [0.1, 0.15) is 5.78 Å². The lowest BCUT2D eigenvalue weighted by atomic mass is 10.1. The average Bonchev–Trinajstić information content (AvgIpc) is 2.16. The van der Waals surface area contributed by atoms with Crippen molar-refractivity contribution in [1.29, 1.82) is 0 Å². The highest BCUT2D eigenvalue weighted by Crippen LogP contribution is 2.01. The molecule has 0 atom stereocenters. The lowest BCUT2D eigenvalue weighted by molar-refractivity contribution is -0.122. The lowest BCUT2D eigenvalue weighted by Gasteiger charge is -2.05. The molecule has 0 aromatic rings. The molecule has 0 saturated carbocycles. The largest absolute Gasteiger partial charge is 0.385 e. The summed E-state index contributed by atoms with van der Waals surface area (Å²) >= 11 is 0. The summed E-state index contributed by atoms with van der Waals surface area (Å²) in [7, 11) is 1.68. The van der Waals surface area contributed by atoms with Gasteiger partial charge in [-0.25, -0.2) is 0 Å². The monoisotopic (exact) mass is 202 g/mol. The molecule has 0 aliphatic rings. The van der Waals surface area contributed by atoms with Crippen LogP contribution in [0.25, 0.3) is 0 Å². The minimum Gasteiger partial charge on any atom is -0.385 e. The van der Waals surface area contributed by atoms with E-state index in [1.54, 1.807) is 7.11 Å². The SMILES string of the molecule is COCCCOCCCC(=O)C(C)C. The molecule has 84 valence electrons. The van der Waals surface area contributed by atoms with Crippen LogP contribution in [-0.4, -0.2) is 32.7 Å². The van der Waals surface area contributed by atoms with Gasteiger partial charge < -0.3 is 9.47 Å². The van der Waals surface area contributed by atoms with Crippen molar-refractivity contribution in [1.82, 2.24) is 0 Å². The molecule has 0 bridgehead atoms. The van der Waals surface area contributed by atoms with Crippen LogP contribution in [-0.2, 0) is 14.3 Å². The third kappa shape index (κ3) is 8.20. The first-order valence-corrected chi connectivity index (χ1v) is 5.28. The number of carbonyl (C=O) groups excluding carboxylic acids is 1. The Balaban J connectivity index is 3.10. The molecule has 0 aromatic heterocycles. The van der Waals surface area contributed by atoms with Gasteiger partial charge in [-0.1, -0.05) is 13.8 Å². The maximum absolute atomic E-state index is 11.2. The van der Waals surface area contributed by atoms with Crippen molar-refractivity contribution in [3.63, 3.8) is 0 Å². The van der Waals surface area contributed by atoms with Crippen molar-refractivity contribution in [2.45, 2.75) is 33.1 Å². The highest BCUT2D eigenvalue weighted by Gasteiger charge is 2.05. The second kappa shape index (κ2) is 9.16. The molecule has 14 heavy (non-hydrogen) atoms. The summed E-state index contributed by atoms with van der Waals surface area (Å²) in [5.74, 6) is 0.481. The molecule has 0 spiro atoms. The molecule has 0 aromatic carbocycles. The quantitative estimate of drug-likeness (QED) is 0.537. The first-order valence-electron chi connectivity index (χ1n) is 5.28. The zero-order valence-electron chi connectivity index (χ0n) is 9.54. The third-order valence-electron chi connectivity index (χ3n) is 1.99. The third-order valence-corrected chi connectivity index (χ3v) is 1.99. The van der Waals surface area contributed by atoms with E-state index in [9.17, 15) is 4.79 Å². The van der Waals surface area contributed by atoms with Crippen LogP contribution in [0.3, 0.4) is 0 Å². The Labute approximate surface area is 86.8 Å². The zero-order chi connectivity index (χ0) is 10.8. The topological polar surface area (TPSA) is 35.5 Å². The molecule has 0 aliphatic carbocycles. The first kappa shape index (κ1) is 13.6. The van der Waals surface area contributed by atoms with E-state index in [0.29, 0.717) is 18.8 Å². The van der Waals surface area contributed by atoms with Crippen LogP contribution in [0.15, 0.2) is 0 Å². The molecule has 0 fully saturated rings. The van der Waals surface area contributed by atoms with Gasteiger partial charge in [-0.3, -0.25) is 4.79 Å². The Hall–Kier alpha value is -0.410.